The van der Waals surface area contributed by atoms with Gasteiger partial charge >= 0.3 is 12.0 Å². The molecule has 9 nitrogen and oxygen atoms in total. The van der Waals surface area contributed by atoms with Crippen LogP contribution in [0.15, 0.2) is 47.5 Å². The minimum atomic E-state index is -3.77. The molecule has 0 atom stereocenters. The first-order chi connectivity index (χ1) is 13.3. The maximum atomic E-state index is 12.9. The average molecular weight is 406 g/mol. The van der Waals surface area contributed by atoms with Crippen LogP contribution in [0.3, 0.4) is 0 Å². The van der Waals surface area contributed by atoms with Gasteiger partial charge in [0.1, 0.15) is 10.6 Å². The van der Waals surface area contributed by atoms with Crippen molar-refractivity contribution in [2.24, 2.45) is 7.05 Å². The summed E-state index contributed by atoms with van der Waals surface area (Å²) in [7, 11) is -0.947. The summed E-state index contributed by atoms with van der Waals surface area (Å²) in [5.74, 6) is -0.605. The predicted octanol–water partition coefficient (Wildman–Crippen LogP) is 1.35. The van der Waals surface area contributed by atoms with Crippen molar-refractivity contribution >= 4 is 27.7 Å². The molecule has 2 aromatic rings. The third-order valence-corrected chi connectivity index (χ3v) is 6.43. The van der Waals surface area contributed by atoms with Crippen molar-refractivity contribution in [3.05, 3.63) is 48.3 Å². The zero-order valence-electron chi connectivity index (χ0n) is 15.7. The van der Waals surface area contributed by atoms with Gasteiger partial charge in [-0.2, -0.15) is 4.31 Å². The molecule has 150 valence electrons. The van der Waals surface area contributed by atoms with E-state index in [2.05, 4.69) is 10.1 Å². The topological polar surface area (TPSA) is 101 Å². The number of urea groups is 1. The number of carbonyl (C=O) groups is 2. The number of benzene rings is 1. The van der Waals surface area contributed by atoms with Crippen molar-refractivity contribution in [1.29, 1.82) is 0 Å². The van der Waals surface area contributed by atoms with Crippen molar-refractivity contribution in [2.45, 2.75) is 4.90 Å². The zero-order chi connectivity index (χ0) is 20.3. The van der Waals surface area contributed by atoms with Crippen LogP contribution in [0.4, 0.5) is 10.5 Å². The van der Waals surface area contributed by atoms with Crippen LogP contribution >= 0.6 is 0 Å². The molecule has 3 rings (SSSR count). The number of aromatic nitrogens is 1. The first-order valence-corrected chi connectivity index (χ1v) is 10.1. The van der Waals surface area contributed by atoms with Crippen LogP contribution in [-0.4, -0.2) is 67.5 Å². The van der Waals surface area contributed by atoms with Crippen LogP contribution in [0, 0.1) is 0 Å². The highest BCUT2D eigenvalue weighted by molar-refractivity contribution is 7.89. The molecule has 1 aliphatic rings. The molecule has 10 heteroatoms. The van der Waals surface area contributed by atoms with Crippen molar-refractivity contribution in [2.75, 3.05) is 38.6 Å². The standard InChI is InChI=1S/C18H22N4O5S/c1-20-13-15(12-16(20)17(23)27-2)28(25,26)22-10-8-21(9-11-22)18(24)19-14-6-4-3-5-7-14/h3-7,12-13H,8-11H2,1-2H3,(H,19,24). The number of hydrogen-bond acceptors (Lipinski definition) is 5. The Morgan fingerprint density at radius 3 is 2.32 bits per heavy atom. The second kappa shape index (κ2) is 8.03. The van der Waals surface area contributed by atoms with E-state index in [-0.39, 0.29) is 42.8 Å². The van der Waals surface area contributed by atoms with E-state index >= 15 is 0 Å². The fourth-order valence-corrected chi connectivity index (χ4v) is 4.48. The number of para-hydroxylation sites is 1. The van der Waals surface area contributed by atoms with Gasteiger partial charge in [-0.1, -0.05) is 18.2 Å². The number of nitrogens with one attached hydrogen (secondary N) is 1. The lowest BCUT2D eigenvalue weighted by Gasteiger charge is -2.33. The van der Waals surface area contributed by atoms with Crippen LogP contribution in [0.2, 0.25) is 0 Å². The summed E-state index contributed by atoms with van der Waals surface area (Å²) < 4.78 is 33.1. The summed E-state index contributed by atoms with van der Waals surface area (Å²) in [6, 6.07) is 10.1. The van der Waals surface area contributed by atoms with Gasteiger partial charge in [-0.25, -0.2) is 18.0 Å². The number of sulfonamides is 1. The number of esters is 1. The molecule has 2 heterocycles. The Balaban J connectivity index is 1.65. The molecular weight excluding hydrogens is 384 g/mol. The Morgan fingerprint density at radius 1 is 1.07 bits per heavy atom. The normalized spacial score (nSPS) is 15.3. The highest BCUT2D eigenvalue weighted by Crippen LogP contribution is 2.21. The maximum Gasteiger partial charge on any atom is 0.354 e. The third-order valence-electron chi connectivity index (χ3n) is 4.56. The van der Waals surface area contributed by atoms with Gasteiger partial charge in [0.15, 0.2) is 0 Å². The Bertz CT molecular complexity index is 963. The number of anilines is 1. The molecule has 1 aromatic heterocycles. The molecule has 1 fully saturated rings. The van der Waals surface area contributed by atoms with E-state index < -0.39 is 16.0 Å². The molecule has 0 bridgehead atoms. The fourth-order valence-electron chi connectivity index (χ4n) is 2.99. The van der Waals surface area contributed by atoms with E-state index in [1.807, 2.05) is 18.2 Å². The molecule has 28 heavy (non-hydrogen) atoms. The molecule has 0 unspecified atom stereocenters. The summed E-state index contributed by atoms with van der Waals surface area (Å²) in [5, 5.41) is 2.79. The molecule has 1 saturated heterocycles. The number of piperazine rings is 1. The van der Waals surface area contributed by atoms with Gasteiger partial charge in [-0.05, 0) is 18.2 Å². The molecule has 1 aromatic carbocycles. The van der Waals surface area contributed by atoms with Gasteiger partial charge < -0.3 is 19.5 Å². The highest BCUT2D eigenvalue weighted by atomic mass is 32.2. The molecule has 2 amide bonds. The number of carbonyl (C=O) groups excluding carboxylic acids is 2. The molecule has 1 aliphatic heterocycles. The SMILES string of the molecule is COC(=O)c1cc(S(=O)(=O)N2CCN(C(=O)Nc3ccccc3)CC2)cn1C. The largest absolute Gasteiger partial charge is 0.464 e. The summed E-state index contributed by atoms with van der Waals surface area (Å²) in [6.45, 7) is 0.892. The Hall–Kier alpha value is -2.85. The van der Waals surface area contributed by atoms with Crippen molar-refractivity contribution in [3.8, 4) is 0 Å². The number of aryl methyl sites for hydroxylation is 1. The number of rotatable bonds is 4. The summed E-state index contributed by atoms with van der Waals surface area (Å²) in [6.07, 6.45) is 1.38. The van der Waals surface area contributed by atoms with Gasteiger partial charge in [0, 0.05) is 45.1 Å². The Kier molecular flexibility index (Phi) is 5.71. The minimum Gasteiger partial charge on any atom is -0.464 e. The lowest BCUT2D eigenvalue weighted by molar-refractivity contribution is 0.0590. The molecule has 0 saturated carbocycles. The summed E-state index contributed by atoms with van der Waals surface area (Å²) in [5.41, 5.74) is 0.837. The van der Waals surface area contributed by atoms with Crippen molar-refractivity contribution in [3.63, 3.8) is 0 Å². The molecule has 0 spiro atoms. The molecular formula is C18H22N4O5S. The van der Waals surface area contributed by atoms with E-state index in [1.54, 1.807) is 24.1 Å². The van der Waals surface area contributed by atoms with Crippen LogP contribution in [-0.2, 0) is 21.8 Å². The number of methoxy groups -OCH3 is 1. The lowest BCUT2D eigenvalue weighted by Crippen LogP contribution is -2.51. The lowest BCUT2D eigenvalue weighted by atomic mass is 10.3. The Morgan fingerprint density at radius 2 is 1.71 bits per heavy atom. The van der Waals surface area contributed by atoms with E-state index in [4.69, 9.17) is 0 Å². The van der Waals surface area contributed by atoms with Crippen LogP contribution in [0.5, 0.6) is 0 Å². The number of hydrogen-bond donors (Lipinski definition) is 1. The maximum absolute atomic E-state index is 12.9. The van der Waals surface area contributed by atoms with E-state index in [9.17, 15) is 18.0 Å². The monoisotopic (exact) mass is 406 g/mol. The first-order valence-electron chi connectivity index (χ1n) is 8.68. The van der Waals surface area contributed by atoms with Crippen LogP contribution in [0.1, 0.15) is 10.5 Å². The van der Waals surface area contributed by atoms with Gasteiger partial charge in [0.2, 0.25) is 10.0 Å². The van der Waals surface area contributed by atoms with Gasteiger partial charge in [-0.15, -0.1) is 0 Å². The smallest absolute Gasteiger partial charge is 0.354 e. The highest BCUT2D eigenvalue weighted by Gasteiger charge is 2.31. The summed E-state index contributed by atoms with van der Waals surface area (Å²) >= 11 is 0. The quantitative estimate of drug-likeness (QED) is 0.773. The average Bonchev–Trinajstić information content (AvgIpc) is 3.11. The van der Waals surface area contributed by atoms with E-state index in [1.165, 1.54) is 28.2 Å². The molecule has 0 aliphatic carbocycles. The number of amides is 2. The fraction of sp³-hybridized carbons (Fsp3) is 0.333. The van der Waals surface area contributed by atoms with Crippen molar-refractivity contribution in [1.82, 2.24) is 13.8 Å². The zero-order valence-corrected chi connectivity index (χ0v) is 16.5. The molecule has 1 N–H and O–H groups in total. The summed E-state index contributed by atoms with van der Waals surface area (Å²) in [4.78, 5) is 25.7. The number of nitrogens with zero attached hydrogens (tertiary/aromatic N) is 3. The predicted molar refractivity (Wildman–Crippen MR) is 103 cm³/mol. The van der Waals surface area contributed by atoms with Gasteiger partial charge in [-0.3, -0.25) is 0 Å². The van der Waals surface area contributed by atoms with Crippen LogP contribution in [0.25, 0.3) is 0 Å². The number of ether oxygens (including phenoxy) is 1. The second-order valence-corrected chi connectivity index (χ2v) is 8.29. The van der Waals surface area contributed by atoms with Crippen LogP contribution < -0.4 is 5.32 Å². The minimum absolute atomic E-state index is 0.0255. The van der Waals surface area contributed by atoms with Gasteiger partial charge in [0.05, 0.1) is 7.11 Å². The third kappa shape index (κ3) is 4.02. The van der Waals surface area contributed by atoms with Crippen molar-refractivity contribution < 1.29 is 22.7 Å². The molecule has 0 radical (unpaired) electrons. The first kappa shape index (κ1) is 19.9. The van der Waals surface area contributed by atoms with E-state index in [0.29, 0.717) is 5.69 Å². The second-order valence-electron chi connectivity index (χ2n) is 6.35. The Labute approximate surface area is 163 Å². The van der Waals surface area contributed by atoms with E-state index in [0.717, 1.165) is 0 Å². The van der Waals surface area contributed by atoms with Gasteiger partial charge in [0.25, 0.3) is 0 Å².